The standard InChI is InChI=1S/C16H20FN5O3S/c1-12-16(18-15(23)7-9-21-8-4-10-26(21,24)25)19-20-22(12)11-13-5-2-3-6-14(13)17/h2-3,5-6H,4,7-11H2,1H3,(H,18,23). The van der Waals surface area contributed by atoms with E-state index in [1.807, 2.05) is 0 Å². The van der Waals surface area contributed by atoms with E-state index in [-0.39, 0.29) is 42.8 Å². The molecule has 1 amide bonds. The van der Waals surface area contributed by atoms with Crippen LogP contribution < -0.4 is 5.32 Å². The van der Waals surface area contributed by atoms with E-state index in [1.54, 1.807) is 25.1 Å². The Labute approximate surface area is 151 Å². The van der Waals surface area contributed by atoms with Crippen LogP contribution in [0, 0.1) is 12.7 Å². The molecule has 1 aromatic carbocycles. The van der Waals surface area contributed by atoms with Crippen LogP contribution in [0.15, 0.2) is 24.3 Å². The first-order valence-electron chi connectivity index (χ1n) is 8.28. The Morgan fingerprint density at radius 3 is 2.81 bits per heavy atom. The molecule has 1 aliphatic heterocycles. The highest BCUT2D eigenvalue weighted by Gasteiger charge is 2.28. The van der Waals surface area contributed by atoms with Gasteiger partial charge in [-0.2, -0.15) is 0 Å². The van der Waals surface area contributed by atoms with Gasteiger partial charge >= 0.3 is 0 Å². The highest BCUT2D eigenvalue weighted by molar-refractivity contribution is 7.89. The Hall–Kier alpha value is -2.33. The number of rotatable bonds is 6. The Morgan fingerprint density at radius 2 is 2.12 bits per heavy atom. The SMILES string of the molecule is Cc1c(NC(=O)CCN2CCCS2(=O)=O)nnn1Cc1ccccc1F. The Kier molecular flexibility index (Phi) is 5.33. The lowest BCUT2D eigenvalue weighted by Crippen LogP contribution is -2.29. The van der Waals surface area contributed by atoms with Gasteiger partial charge in [-0.3, -0.25) is 4.79 Å². The molecule has 1 aromatic heterocycles. The predicted octanol–water partition coefficient (Wildman–Crippen LogP) is 1.14. The van der Waals surface area contributed by atoms with Crippen molar-refractivity contribution in [1.82, 2.24) is 19.3 Å². The third-order valence-corrected chi connectivity index (χ3v) is 6.27. The lowest BCUT2D eigenvalue weighted by atomic mass is 10.2. The van der Waals surface area contributed by atoms with E-state index in [0.717, 1.165) is 0 Å². The van der Waals surface area contributed by atoms with E-state index in [0.29, 0.717) is 24.2 Å². The molecule has 2 aromatic rings. The molecule has 8 nitrogen and oxygen atoms in total. The summed E-state index contributed by atoms with van der Waals surface area (Å²) >= 11 is 0. The van der Waals surface area contributed by atoms with Crippen LogP contribution >= 0.6 is 0 Å². The first-order chi connectivity index (χ1) is 12.4. The van der Waals surface area contributed by atoms with E-state index >= 15 is 0 Å². The lowest BCUT2D eigenvalue weighted by Gasteiger charge is -2.13. The van der Waals surface area contributed by atoms with Crippen LogP contribution in [-0.2, 0) is 21.4 Å². The normalized spacial score (nSPS) is 16.7. The Morgan fingerprint density at radius 1 is 1.35 bits per heavy atom. The fraction of sp³-hybridized carbons (Fsp3) is 0.438. The topological polar surface area (TPSA) is 97.2 Å². The van der Waals surface area contributed by atoms with Crippen LogP contribution in [0.4, 0.5) is 10.2 Å². The third kappa shape index (κ3) is 4.07. The molecule has 1 aliphatic rings. The van der Waals surface area contributed by atoms with Gasteiger partial charge in [0.15, 0.2) is 5.82 Å². The van der Waals surface area contributed by atoms with E-state index in [4.69, 9.17) is 0 Å². The molecule has 0 atom stereocenters. The minimum Gasteiger partial charge on any atom is -0.308 e. The summed E-state index contributed by atoms with van der Waals surface area (Å²) in [5, 5.41) is 10.5. The monoisotopic (exact) mass is 381 g/mol. The van der Waals surface area contributed by atoms with Crippen LogP contribution in [-0.4, -0.2) is 52.5 Å². The maximum absolute atomic E-state index is 13.7. The number of hydrogen-bond donors (Lipinski definition) is 1. The summed E-state index contributed by atoms with van der Waals surface area (Å²) in [5.74, 6) is -0.249. The Balaban J connectivity index is 1.59. The van der Waals surface area contributed by atoms with E-state index < -0.39 is 10.0 Å². The van der Waals surface area contributed by atoms with Gasteiger partial charge in [-0.05, 0) is 19.4 Å². The van der Waals surface area contributed by atoms with Crippen LogP contribution in [0.5, 0.6) is 0 Å². The number of nitrogens with one attached hydrogen (secondary N) is 1. The van der Waals surface area contributed by atoms with Crippen molar-refractivity contribution >= 4 is 21.7 Å². The van der Waals surface area contributed by atoms with Gasteiger partial charge in [0.2, 0.25) is 15.9 Å². The summed E-state index contributed by atoms with van der Waals surface area (Å²) < 4.78 is 40.0. The number of anilines is 1. The van der Waals surface area contributed by atoms with Crippen molar-refractivity contribution in [2.24, 2.45) is 0 Å². The summed E-state index contributed by atoms with van der Waals surface area (Å²) in [7, 11) is -3.21. The first-order valence-corrected chi connectivity index (χ1v) is 9.89. The molecule has 26 heavy (non-hydrogen) atoms. The zero-order chi connectivity index (χ0) is 18.7. The highest BCUT2D eigenvalue weighted by Crippen LogP contribution is 2.16. The first kappa shape index (κ1) is 18.5. The highest BCUT2D eigenvalue weighted by atomic mass is 32.2. The molecule has 0 aliphatic carbocycles. The zero-order valence-electron chi connectivity index (χ0n) is 14.4. The number of amides is 1. The molecular formula is C16H20FN5O3S. The minimum atomic E-state index is -3.21. The van der Waals surface area contributed by atoms with Crippen LogP contribution in [0.2, 0.25) is 0 Å². The number of halogens is 1. The lowest BCUT2D eigenvalue weighted by molar-refractivity contribution is -0.116. The predicted molar refractivity (Wildman–Crippen MR) is 93.5 cm³/mol. The zero-order valence-corrected chi connectivity index (χ0v) is 15.2. The van der Waals surface area contributed by atoms with Crippen molar-refractivity contribution in [2.75, 3.05) is 24.2 Å². The summed E-state index contributed by atoms with van der Waals surface area (Å²) in [6.45, 7) is 2.53. The van der Waals surface area contributed by atoms with Crippen LogP contribution in [0.3, 0.4) is 0 Å². The van der Waals surface area contributed by atoms with Crippen molar-refractivity contribution < 1.29 is 17.6 Å². The molecule has 0 spiro atoms. The molecule has 140 valence electrons. The van der Waals surface area contributed by atoms with Crippen LogP contribution in [0.25, 0.3) is 0 Å². The van der Waals surface area contributed by atoms with Gasteiger partial charge < -0.3 is 5.32 Å². The second-order valence-electron chi connectivity index (χ2n) is 6.14. The summed E-state index contributed by atoms with van der Waals surface area (Å²) in [5.41, 5.74) is 1.06. The van der Waals surface area contributed by atoms with Gasteiger partial charge in [-0.15, -0.1) is 5.10 Å². The molecule has 1 saturated heterocycles. The number of sulfonamides is 1. The van der Waals surface area contributed by atoms with Crippen molar-refractivity contribution in [3.05, 3.63) is 41.3 Å². The average Bonchev–Trinajstić information content (AvgIpc) is 3.11. The molecule has 10 heteroatoms. The van der Waals surface area contributed by atoms with E-state index in [9.17, 15) is 17.6 Å². The summed E-state index contributed by atoms with van der Waals surface area (Å²) in [4.78, 5) is 12.1. The molecule has 1 N–H and O–H groups in total. The molecule has 3 rings (SSSR count). The average molecular weight is 381 g/mol. The largest absolute Gasteiger partial charge is 0.308 e. The van der Waals surface area contributed by atoms with Crippen LogP contribution in [0.1, 0.15) is 24.1 Å². The number of carbonyl (C=O) groups excluding carboxylic acids is 1. The van der Waals surface area contributed by atoms with E-state index in [2.05, 4.69) is 15.6 Å². The van der Waals surface area contributed by atoms with E-state index in [1.165, 1.54) is 15.1 Å². The second kappa shape index (κ2) is 7.50. The molecule has 0 unspecified atom stereocenters. The number of hydrogen-bond acceptors (Lipinski definition) is 5. The van der Waals surface area contributed by atoms with Gasteiger partial charge in [0.25, 0.3) is 0 Å². The van der Waals surface area contributed by atoms with Gasteiger partial charge in [-0.1, -0.05) is 23.4 Å². The van der Waals surface area contributed by atoms with Crippen molar-refractivity contribution in [2.45, 2.75) is 26.3 Å². The maximum atomic E-state index is 13.7. The van der Waals surface area contributed by atoms with Gasteiger partial charge in [0, 0.05) is 25.1 Å². The van der Waals surface area contributed by atoms with Crippen molar-refractivity contribution in [1.29, 1.82) is 0 Å². The fourth-order valence-corrected chi connectivity index (χ4v) is 4.31. The number of carbonyl (C=O) groups is 1. The molecule has 0 radical (unpaired) electrons. The second-order valence-corrected chi connectivity index (χ2v) is 8.23. The molecule has 0 bridgehead atoms. The maximum Gasteiger partial charge on any atom is 0.226 e. The third-order valence-electron chi connectivity index (χ3n) is 4.31. The van der Waals surface area contributed by atoms with Gasteiger partial charge in [0.05, 0.1) is 18.0 Å². The number of aromatic nitrogens is 3. The minimum absolute atomic E-state index is 0.0405. The summed E-state index contributed by atoms with van der Waals surface area (Å²) in [6.07, 6.45) is 0.631. The molecule has 2 heterocycles. The molecule has 1 fully saturated rings. The van der Waals surface area contributed by atoms with Gasteiger partial charge in [0.1, 0.15) is 5.82 Å². The summed E-state index contributed by atoms with van der Waals surface area (Å²) in [6, 6.07) is 6.38. The quantitative estimate of drug-likeness (QED) is 0.809. The van der Waals surface area contributed by atoms with Crippen molar-refractivity contribution in [3.63, 3.8) is 0 Å². The van der Waals surface area contributed by atoms with Gasteiger partial charge in [-0.25, -0.2) is 21.8 Å². The fourth-order valence-electron chi connectivity index (χ4n) is 2.78. The smallest absolute Gasteiger partial charge is 0.226 e. The number of nitrogens with zero attached hydrogens (tertiary/aromatic N) is 4. The number of benzene rings is 1. The molecule has 0 saturated carbocycles. The Bertz CT molecular complexity index is 912. The van der Waals surface area contributed by atoms with Crippen molar-refractivity contribution in [3.8, 4) is 0 Å². The molecular weight excluding hydrogens is 361 g/mol.